The van der Waals surface area contributed by atoms with Crippen LogP contribution in [0.15, 0.2) is 36.7 Å². The molecule has 0 amide bonds. The zero-order chi connectivity index (χ0) is 18.8. The Morgan fingerprint density at radius 1 is 1.15 bits per heavy atom. The number of halogens is 3. The molecule has 7 heteroatoms. The van der Waals surface area contributed by atoms with Gasteiger partial charge < -0.3 is 10.6 Å². The predicted octanol–water partition coefficient (Wildman–Crippen LogP) is 4.67. The number of anilines is 2. The third-order valence-electron chi connectivity index (χ3n) is 6.09. The lowest BCUT2D eigenvalue weighted by molar-refractivity contribution is 0.121. The summed E-state index contributed by atoms with van der Waals surface area (Å²) in [5, 5.41) is 0.424. The molecule has 0 radical (unpaired) electrons. The molecule has 0 unspecified atom stereocenters. The highest BCUT2D eigenvalue weighted by atomic mass is 35.5. The molecule has 2 fully saturated rings. The first-order chi connectivity index (χ1) is 13.0. The molecule has 138 valence electrons. The highest BCUT2D eigenvalue weighted by Crippen LogP contribution is 2.56. The number of rotatable bonds is 2. The van der Waals surface area contributed by atoms with E-state index in [0.29, 0.717) is 17.4 Å². The second-order valence-corrected chi connectivity index (χ2v) is 7.84. The third-order valence-corrected chi connectivity index (χ3v) is 6.44. The molecule has 5 rings (SSSR count). The fourth-order valence-corrected chi connectivity index (χ4v) is 4.67. The van der Waals surface area contributed by atoms with Crippen LogP contribution in [0.3, 0.4) is 0 Å². The van der Waals surface area contributed by atoms with Crippen LogP contribution in [-0.4, -0.2) is 22.1 Å². The summed E-state index contributed by atoms with van der Waals surface area (Å²) in [6, 6.07) is 8.81. The van der Waals surface area contributed by atoms with Crippen LogP contribution in [0.2, 0.25) is 5.02 Å². The van der Waals surface area contributed by atoms with Gasteiger partial charge >= 0.3 is 0 Å². The van der Waals surface area contributed by atoms with Gasteiger partial charge in [0.25, 0.3) is 0 Å². The van der Waals surface area contributed by atoms with E-state index in [1.807, 2.05) is 11.0 Å². The molecule has 2 N–H and O–H groups in total. The van der Waals surface area contributed by atoms with Gasteiger partial charge in [0.15, 0.2) is 5.82 Å². The SMILES string of the molecule is Nc1ncnc2ccc(C3CC4(CCN4c4ccc(F)c(Cl)c4F)C3)cc12. The maximum Gasteiger partial charge on any atom is 0.168 e. The topological polar surface area (TPSA) is 55.0 Å². The Bertz CT molecular complexity index is 1070. The van der Waals surface area contributed by atoms with E-state index < -0.39 is 16.7 Å². The van der Waals surface area contributed by atoms with E-state index in [0.717, 1.165) is 36.7 Å². The molecule has 27 heavy (non-hydrogen) atoms. The number of hydrogen-bond acceptors (Lipinski definition) is 4. The Balaban J connectivity index is 1.40. The van der Waals surface area contributed by atoms with Crippen molar-refractivity contribution in [2.45, 2.75) is 30.7 Å². The highest BCUT2D eigenvalue weighted by molar-refractivity contribution is 6.31. The molecular weight excluding hydrogens is 370 g/mol. The number of fused-ring (bicyclic) bond motifs is 1. The molecule has 1 spiro atoms. The summed E-state index contributed by atoms with van der Waals surface area (Å²) in [6.07, 6.45) is 4.29. The zero-order valence-electron chi connectivity index (χ0n) is 14.4. The van der Waals surface area contributed by atoms with Gasteiger partial charge in [-0.3, -0.25) is 0 Å². The largest absolute Gasteiger partial charge is 0.383 e. The van der Waals surface area contributed by atoms with Crippen LogP contribution in [0, 0.1) is 11.6 Å². The Hall–Kier alpha value is -2.47. The second-order valence-electron chi connectivity index (χ2n) is 7.46. The summed E-state index contributed by atoms with van der Waals surface area (Å²) in [4.78, 5) is 10.3. The van der Waals surface area contributed by atoms with E-state index >= 15 is 0 Å². The summed E-state index contributed by atoms with van der Waals surface area (Å²) in [5.41, 5.74) is 8.32. The molecule has 2 aliphatic rings. The number of nitrogens with two attached hydrogens (primary N) is 1. The van der Waals surface area contributed by atoms with Gasteiger partial charge in [-0.15, -0.1) is 0 Å². The van der Waals surface area contributed by atoms with Crippen LogP contribution in [-0.2, 0) is 0 Å². The molecule has 2 aromatic carbocycles. The van der Waals surface area contributed by atoms with E-state index in [2.05, 4.69) is 22.1 Å². The van der Waals surface area contributed by atoms with Gasteiger partial charge in [-0.1, -0.05) is 17.7 Å². The molecule has 4 nitrogen and oxygen atoms in total. The smallest absolute Gasteiger partial charge is 0.168 e. The molecule has 0 atom stereocenters. The van der Waals surface area contributed by atoms with Gasteiger partial charge in [-0.2, -0.15) is 0 Å². The summed E-state index contributed by atoms with van der Waals surface area (Å²) >= 11 is 5.76. The van der Waals surface area contributed by atoms with Crippen molar-refractivity contribution >= 4 is 34.0 Å². The quantitative estimate of drug-likeness (QED) is 0.650. The Labute approximate surface area is 160 Å². The fraction of sp³-hybridized carbons (Fsp3) is 0.300. The molecule has 3 aromatic rings. The first kappa shape index (κ1) is 16.7. The van der Waals surface area contributed by atoms with Crippen molar-refractivity contribution < 1.29 is 8.78 Å². The van der Waals surface area contributed by atoms with Crippen LogP contribution in [0.1, 0.15) is 30.7 Å². The molecule has 2 heterocycles. The van der Waals surface area contributed by atoms with Crippen LogP contribution < -0.4 is 10.6 Å². The fourth-order valence-electron chi connectivity index (χ4n) is 4.51. The number of hydrogen-bond donors (Lipinski definition) is 1. The lowest BCUT2D eigenvalue weighted by Crippen LogP contribution is -2.66. The van der Waals surface area contributed by atoms with E-state index in [1.165, 1.54) is 24.0 Å². The van der Waals surface area contributed by atoms with Crippen LogP contribution >= 0.6 is 11.6 Å². The molecule has 1 aliphatic heterocycles. The van der Waals surface area contributed by atoms with Crippen molar-refractivity contribution in [3.63, 3.8) is 0 Å². The minimum Gasteiger partial charge on any atom is -0.383 e. The summed E-state index contributed by atoms with van der Waals surface area (Å²) in [5.74, 6) is -0.551. The number of nitrogen functional groups attached to an aromatic ring is 1. The number of nitrogens with zero attached hydrogens (tertiary/aromatic N) is 3. The minimum atomic E-state index is -0.727. The third kappa shape index (κ3) is 2.39. The van der Waals surface area contributed by atoms with Crippen molar-refractivity contribution in [1.29, 1.82) is 0 Å². The van der Waals surface area contributed by atoms with Crippen molar-refractivity contribution in [2.24, 2.45) is 0 Å². The monoisotopic (exact) mass is 386 g/mol. The van der Waals surface area contributed by atoms with Gasteiger partial charge in [0.05, 0.1) is 11.2 Å². The highest BCUT2D eigenvalue weighted by Gasteiger charge is 2.54. The molecule has 1 aromatic heterocycles. The van der Waals surface area contributed by atoms with Gasteiger partial charge in [0.1, 0.15) is 23.0 Å². The molecule has 1 saturated heterocycles. The van der Waals surface area contributed by atoms with Gasteiger partial charge in [0.2, 0.25) is 0 Å². The van der Waals surface area contributed by atoms with Crippen LogP contribution in [0.4, 0.5) is 20.3 Å². The Morgan fingerprint density at radius 3 is 2.70 bits per heavy atom. The number of benzene rings is 2. The van der Waals surface area contributed by atoms with Crippen molar-refractivity contribution in [2.75, 3.05) is 17.2 Å². The standard InChI is InChI=1S/C20H17ClF2N4/c21-17-14(22)2-4-16(18(17)23)27-6-5-20(27)8-12(9-20)11-1-3-15-13(7-11)19(24)26-10-25-15/h1-4,7,10,12H,5-6,8-9H2,(H2,24,25,26). The van der Waals surface area contributed by atoms with E-state index in [4.69, 9.17) is 17.3 Å². The van der Waals surface area contributed by atoms with Crippen LogP contribution in [0.5, 0.6) is 0 Å². The summed E-state index contributed by atoms with van der Waals surface area (Å²) < 4.78 is 27.9. The van der Waals surface area contributed by atoms with Gasteiger partial charge in [-0.25, -0.2) is 18.7 Å². The predicted molar refractivity (Wildman–Crippen MR) is 102 cm³/mol. The number of aromatic nitrogens is 2. The van der Waals surface area contributed by atoms with Crippen molar-refractivity contribution in [3.8, 4) is 0 Å². The minimum absolute atomic E-state index is 0.0691. The maximum absolute atomic E-state index is 14.4. The lowest BCUT2D eigenvalue weighted by atomic mass is 9.59. The normalized spacial score (nSPS) is 24.1. The maximum atomic E-state index is 14.4. The van der Waals surface area contributed by atoms with E-state index in [1.54, 1.807) is 0 Å². The first-order valence-electron chi connectivity index (χ1n) is 8.90. The molecule has 0 bridgehead atoms. The van der Waals surface area contributed by atoms with E-state index in [9.17, 15) is 8.78 Å². The Morgan fingerprint density at radius 2 is 1.96 bits per heavy atom. The lowest BCUT2D eigenvalue weighted by Gasteiger charge is -2.63. The van der Waals surface area contributed by atoms with Crippen molar-refractivity contribution in [1.82, 2.24) is 9.97 Å². The van der Waals surface area contributed by atoms with Gasteiger partial charge in [0, 0.05) is 17.5 Å². The summed E-state index contributed by atoms with van der Waals surface area (Å²) in [7, 11) is 0. The van der Waals surface area contributed by atoms with Crippen molar-refractivity contribution in [3.05, 3.63) is 58.9 Å². The second kappa shape index (κ2) is 5.76. The van der Waals surface area contributed by atoms with Gasteiger partial charge in [-0.05, 0) is 55.0 Å². The van der Waals surface area contributed by atoms with Crippen LogP contribution in [0.25, 0.3) is 10.9 Å². The summed E-state index contributed by atoms with van der Waals surface area (Å²) in [6.45, 7) is 0.754. The molecule has 1 saturated carbocycles. The molecule has 1 aliphatic carbocycles. The zero-order valence-corrected chi connectivity index (χ0v) is 15.2. The first-order valence-corrected chi connectivity index (χ1v) is 9.28. The average Bonchev–Trinajstić information content (AvgIpc) is 2.61. The molecular formula is C20H17ClF2N4. The average molecular weight is 387 g/mol. The van der Waals surface area contributed by atoms with E-state index in [-0.39, 0.29) is 5.54 Å². The Kier molecular flexibility index (Phi) is 3.56.